The number of H-pyrrole nitrogens is 1. The van der Waals surface area contributed by atoms with Crippen molar-refractivity contribution in [2.24, 2.45) is 0 Å². The molecule has 0 aliphatic rings. The lowest BCUT2D eigenvalue weighted by atomic mass is 10.3. The van der Waals surface area contributed by atoms with Crippen molar-refractivity contribution in [2.75, 3.05) is 5.32 Å². The van der Waals surface area contributed by atoms with Crippen molar-refractivity contribution in [1.29, 1.82) is 0 Å². The van der Waals surface area contributed by atoms with Crippen LogP contribution in [0.1, 0.15) is 5.69 Å². The number of phenols is 1. The fourth-order valence-corrected chi connectivity index (χ4v) is 1.20. The zero-order valence-corrected chi connectivity index (χ0v) is 7.87. The molecular formula is C10H10FN3O. The Bertz CT molecular complexity index is 442. The minimum atomic E-state index is -0.635. The lowest BCUT2D eigenvalue weighted by Crippen LogP contribution is -1.99. The van der Waals surface area contributed by atoms with Crippen LogP contribution < -0.4 is 5.32 Å². The van der Waals surface area contributed by atoms with E-state index in [2.05, 4.69) is 15.3 Å². The van der Waals surface area contributed by atoms with Crippen molar-refractivity contribution in [3.63, 3.8) is 0 Å². The van der Waals surface area contributed by atoms with Crippen LogP contribution in [0.25, 0.3) is 0 Å². The number of benzene rings is 1. The molecule has 78 valence electrons. The van der Waals surface area contributed by atoms with E-state index >= 15 is 0 Å². The Balaban J connectivity index is 2.02. The van der Waals surface area contributed by atoms with Gasteiger partial charge in [0.1, 0.15) is 0 Å². The molecule has 0 atom stereocenters. The van der Waals surface area contributed by atoms with Gasteiger partial charge in [-0.25, -0.2) is 9.37 Å². The average molecular weight is 207 g/mol. The van der Waals surface area contributed by atoms with E-state index in [0.29, 0.717) is 12.2 Å². The maximum Gasteiger partial charge on any atom is 0.166 e. The van der Waals surface area contributed by atoms with Gasteiger partial charge in [-0.05, 0) is 12.1 Å². The van der Waals surface area contributed by atoms with E-state index in [9.17, 15) is 4.39 Å². The Kier molecular flexibility index (Phi) is 2.53. The summed E-state index contributed by atoms with van der Waals surface area (Å²) < 4.78 is 12.9. The molecule has 0 aliphatic carbocycles. The Morgan fingerprint density at radius 2 is 2.33 bits per heavy atom. The van der Waals surface area contributed by atoms with Crippen LogP contribution in [0.3, 0.4) is 0 Å². The molecule has 2 rings (SSSR count). The Morgan fingerprint density at radius 1 is 1.47 bits per heavy atom. The Hall–Kier alpha value is -2.04. The second-order valence-corrected chi connectivity index (χ2v) is 3.10. The largest absolute Gasteiger partial charge is 0.505 e. The van der Waals surface area contributed by atoms with Crippen LogP contribution in [-0.4, -0.2) is 15.1 Å². The minimum absolute atomic E-state index is 0.345. The van der Waals surface area contributed by atoms with Gasteiger partial charge >= 0.3 is 0 Å². The number of hydrogen-bond donors (Lipinski definition) is 3. The summed E-state index contributed by atoms with van der Waals surface area (Å²) in [6.07, 6.45) is 3.26. The van der Waals surface area contributed by atoms with E-state index < -0.39 is 5.82 Å². The molecule has 5 heteroatoms. The van der Waals surface area contributed by atoms with Gasteiger partial charge in [-0.15, -0.1) is 0 Å². The number of aromatic nitrogens is 2. The number of hydrogen-bond acceptors (Lipinski definition) is 3. The predicted molar refractivity (Wildman–Crippen MR) is 54.0 cm³/mol. The quantitative estimate of drug-likeness (QED) is 0.673. The number of anilines is 1. The van der Waals surface area contributed by atoms with Crippen LogP contribution in [0.15, 0.2) is 30.7 Å². The first-order chi connectivity index (χ1) is 7.25. The summed E-state index contributed by atoms with van der Waals surface area (Å²) in [4.78, 5) is 6.77. The first-order valence-corrected chi connectivity index (χ1v) is 4.45. The van der Waals surface area contributed by atoms with Gasteiger partial charge in [-0.2, -0.15) is 0 Å². The summed E-state index contributed by atoms with van der Waals surface area (Å²) in [6, 6.07) is 4.16. The lowest BCUT2D eigenvalue weighted by Gasteiger charge is -2.05. The molecule has 4 nitrogen and oxygen atoms in total. The molecule has 0 unspecified atom stereocenters. The smallest absolute Gasteiger partial charge is 0.166 e. The number of halogens is 1. The highest BCUT2D eigenvalue weighted by atomic mass is 19.1. The number of imidazole rings is 1. The zero-order chi connectivity index (χ0) is 10.7. The fraction of sp³-hybridized carbons (Fsp3) is 0.100. The van der Waals surface area contributed by atoms with Crippen LogP contribution in [0.5, 0.6) is 5.75 Å². The van der Waals surface area contributed by atoms with Gasteiger partial charge in [0.25, 0.3) is 0 Å². The summed E-state index contributed by atoms with van der Waals surface area (Å²) in [5.41, 5.74) is 1.52. The highest BCUT2D eigenvalue weighted by Gasteiger charge is 2.01. The third-order valence-electron chi connectivity index (χ3n) is 1.99. The number of nitrogens with zero attached hydrogens (tertiary/aromatic N) is 1. The molecule has 0 aliphatic heterocycles. The molecule has 1 aromatic heterocycles. The molecule has 0 fully saturated rings. The number of rotatable bonds is 3. The first kappa shape index (κ1) is 9.51. The van der Waals surface area contributed by atoms with E-state index in [0.717, 1.165) is 5.69 Å². The molecular weight excluding hydrogens is 197 g/mol. The zero-order valence-electron chi connectivity index (χ0n) is 7.87. The number of phenolic OH excluding ortho intramolecular Hbond substituents is 1. The van der Waals surface area contributed by atoms with Gasteiger partial charge in [0.2, 0.25) is 0 Å². The normalized spacial score (nSPS) is 10.2. The predicted octanol–water partition coefficient (Wildman–Crippen LogP) is 1.87. The fourth-order valence-electron chi connectivity index (χ4n) is 1.20. The van der Waals surface area contributed by atoms with Crippen molar-refractivity contribution in [3.05, 3.63) is 42.2 Å². The van der Waals surface area contributed by atoms with Gasteiger partial charge in [0.15, 0.2) is 11.6 Å². The summed E-state index contributed by atoms with van der Waals surface area (Å²) in [5.74, 6) is -0.980. The summed E-state index contributed by atoms with van der Waals surface area (Å²) in [5, 5.41) is 12.0. The third kappa shape index (κ3) is 2.25. The standard InChI is InChI=1S/C10H10FN3O/c11-9-3-7(1-2-10(9)15)13-5-8-4-12-6-14-8/h1-4,6,13,15H,5H2,(H,12,14). The molecule has 0 amide bonds. The van der Waals surface area contributed by atoms with E-state index in [1.165, 1.54) is 12.1 Å². The molecule has 3 N–H and O–H groups in total. The average Bonchev–Trinajstić information content (AvgIpc) is 2.73. The van der Waals surface area contributed by atoms with Crippen LogP contribution in [0, 0.1) is 5.82 Å². The van der Waals surface area contributed by atoms with Crippen LogP contribution in [0.4, 0.5) is 10.1 Å². The van der Waals surface area contributed by atoms with Gasteiger partial charge in [0, 0.05) is 18.0 Å². The highest BCUT2D eigenvalue weighted by Crippen LogP contribution is 2.19. The summed E-state index contributed by atoms with van der Waals surface area (Å²) >= 11 is 0. The molecule has 1 heterocycles. The molecule has 15 heavy (non-hydrogen) atoms. The number of aromatic amines is 1. The van der Waals surface area contributed by atoms with Crippen molar-refractivity contribution in [3.8, 4) is 5.75 Å². The van der Waals surface area contributed by atoms with Gasteiger partial charge in [-0.1, -0.05) is 0 Å². The van der Waals surface area contributed by atoms with Crippen molar-refractivity contribution >= 4 is 5.69 Å². The molecule has 0 saturated carbocycles. The van der Waals surface area contributed by atoms with Crippen LogP contribution in [-0.2, 0) is 6.54 Å². The SMILES string of the molecule is Oc1ccc(NCc2cnc[nH]2)cc1F. The second-order valence-electron chi connectivity index (χ2n) is 3.10. The number of nitrogens with one attached hydrogen (secondary N) is 2. The van der Waals surface area contributed by atoms with Crippen molar-refractivity contribution in [1.82, 2.24) is 9.97 Å². The van der Waals surface area contributed by atoms with Crippen LogP contribution >= 0.6 is 0 Å². The van der Waals surface area contributed by atoms with Gasteiger partial charge < -0.3 is 15.4 Å². The summed E-state index contributed by atoms with van der Waals surface area (Å²) in [6.45, 7) is 0.532. The summed E-state index contributed by atoms with van der Waals surface area (Å²) in [7, 11) is 0. The van der Waals surface area contributed by atoms with E-state index in [1.807, 2.05) is 0 Å². The lowest BCUT2D eigenvalue weighted by molar-refractivity contribution is 0.432. The molecule has 1 aromatic carbocycles. The van der Waals surface area contributed by atoms with E-state index in [4.69, 9.17) is 5.11 Å². The van der Waals surface area contributed by atoms with Gasteiger partial charge in [0.05, 0.1) is 18.6 Å². The maximum absolute atomic E-state index is 12.9. The first-order valence-electron chi connectivity index (χ1n) is 4.45. The van der Waals surface area contributed by atoms with E-state index in [-0.39, 0.29) is 5.75 Å². The van der Waals surface area contributed by atoms with Crippen molar-refractivity contribution in [2.45, 2.75) is 6.54 Å². The van der Waals surface area contributed by atoms with E-state index in [1.54, 1.807) is 18.6 Å². The topological polar surface area (TPSA) is 60.9 Å². The maximum atomic E-state index is 12.9. The molecule has 0 spiro atoms. The molecule has 2 aromatic rings. The monoisotopic (exact) mass is 207 g/mol. The highest BCUT2D eigenvalue weighted by molar-refractivity contribution is 5.46. The van der Waals surface area contributed by atoms with Gasteiger partial charge in [-0.3, -0.25) is 0 Å². The third-order valence-corrected chi connectivity index (χ3v) is 1.99. The molecule has 0 bridgehead atoms. The molecule has 0 saturated heterocycles. The Labute approximate surface area is 85.8 Å². The Morgan fingerprint density at radius 3 is 3.00 bits per heavy atom. The number of aromatic hydroxyl groups is 1. The van der Waals surface area contributed by atoms with Crippen LogP contribution in [0.2, 0.25) is 0 Å². The van der Waals surface area contributed by atoms with Crippen molar-refractivity contribution < 1.29 is 9.50 Å². The minimum Gasteiger partial charge on any atom is -0.505 e. The molecule has 0 radical (unpaired) electrons. The second kappa shape index (κ2) is 4.00.